The number of nitrogens with zero attached hydrogens (tertiary/aromatic N) is 1. The number of aromatic amines is 1. The van der Waals surface area contributed by atoms with E-state index in [1.807, 2.05) is 36.4 Å². The van der Waals surface area contributed by atoms with E-state index in [1.54, 1.807) is 0 Å². The van der Waals surface area contributed by atoms with Gasteiger partial charge in [0.15, 0.2) is 5.96 Å². The molecule has 112 valence electrons. The van der Waals surface area contributed by atoms with E-state index in [9.17, 15) is 0 Å². The van der Waals surface area contributed by atoms with E-state index in [2.05, 4.69) is 40.4 Å². The number of fused-ring (bicyclic) bond motifs is 1. The first-order chi connectivity index (χ1) is 10.7. The largest absolute Gasteiger partial charge is 0.370 e. The molecule has 0 aliphatic heterocycles. The van der Waals surface area contributed by atoms with Gasteiger partial charge in [-0.25, -0.2) is 0 Å². The summed E-state index contributed by atoms with van der Waals surface area (Å²) in [6, 6.07) is 18.5. The van der Waals surface area contributed by atoms with E-state index < -0.39 is 0 Å². The molecule has 0 fully saturated rings. The first-order valence-electron chi connectivity index (χ1n) is 7.41. The second-order valence-electron chi connectivity index (χ2n) is 5.39. The molecule has 3 aromatic rings. The van der Waals surface area contributed by atoms with Gasteiger partial charge in [-0.2, -0.15) is 0 Å². The average Bonchev–Trinajstić information content (AvgIpc) is 2.92. The van der Waals surface area contributed by atoms with Gasteiger partial charge >= 0.3 is 0 Å². The summed E-state index contributed by atoms with van der Waals surface area (Å²) in [6.07, 6.45) is 0.838. The average molecular weight is 292 g/mol. The van der Waals surface area contributed by atoms with Crippen LogP contribution in [0.5, 0.6) is 0 Å². The van der Waals surface area contributed by atoms with Crippen LogP contribution in [0.3, 0.4) is 0 Å². The first kappa shape index (κ1) is 14.2. The molecule has 0 radical (unpaired) electrons. The fourth-order valence-corrected chi connectivity index (χ4v) is 2.39. The highest BCUT2D eigenvalue weighted by Gasteiger charge is 2.00. The Labute approximate surface area is 130 Å². The molecule has 4 N–H and O–H groups in total. The zero-order valence-electron chi connectivity index (χ0n) is 12.6. The number of hydrogen-bond donors (Lipinski definition) is 3. The number of aliphatic imine (C=N–C) groups is 1. The van der Waals surface area contributed by atoms with Crippen LogP contribution in [0.4, 0.5) is 5.69 Å². The summed E-state index contributed by atoms with van der Waals surface area (Å²) in [5.41, 5.74) is 10.4. The third kappa shape index (κ3) is 3.47. The summed E-state index contributed by atoms with van der Waals surface area (Å²) < 4.78 is 0. The number of nitrogens with two attached hydrogens (primary N) is 1. The van der Waals surface area contributed by atoms with Crippen molar-refractivity contribution in [1.29, 1.82) is 0 Å². The van der Waals surface area contributed by atoms with Crippen molar-refractivity contribution in [3.05, 3.63) is 65.9 Å². The van der Waals surface area contributed by atoms with Crippen molar-refractivity contribution < 1.29 is 0 Å². The van der Waals surface area contributed by atoms with Crippen LogP contribution < -0.4 is 11.1 Å². The quantitative estimate of drug-likeness (QED) is 0.509. The molecule has 0 unspecified atom stereocenters. The lowest BCUT2D eigenvalue weighted by Gasteiger charge is -2.05. The minimum Gasteiger partial charge on any atom is -0.370 e. The maximum Gasteiger partial charge on any atom is 0.193 e. The fourth-order valence-electron chi connectivity index (χ4n) is 2.39. The monoisotopic (exact) mass is 292 g/mol. The van der Waals surface area contributed by atoms with Crippen molar-refractivity contribution in [3.8, 4) is 0 Å². The molecule has 4 nitrogen and oxygen atoms in total. The summed E-state index contributed by atoms with van der Waals surface area (Å²) >= 11 is 0. The molecule has 2 aromatic carbocycles. The van der Waals surface area contributed by atoms with Crippen LogP contribution in [0.1, 0.15) is 11.3 Å². The third-order valence-electron chi connectivity index (χ3n) is 3.57. The molecular formula is C18H20N4. The number of nitrogens with one attached hydrogen (secondary N) is 2. The van der Waals surface area contributed by atoms with Crippen LogP contribution >= 0.6 is 0 Å². The van der Waals surface area contributed by atoms with Gasteiger partial charge in [-0.05, 0) is 36.6 Å². The molecule has 22 heavy (non-hydrogen) atoms. The van der Waals surface area contributed by atoms with Gasteiger partial charge in [0.25, 0.3) is 0 Å². The van der Waals surface area contributed by atoms with E-state index >= 15 is 0 Å². The predicted molar refractivity (Wildman–Crippen MR) is 93.3 cm³/mol. The van der Waals surface area contributed by atoms with E-state index in [4.69, 9.17) is 5.73 Å². The highest BCUT2D eigenvalue weighted by molar-refractivity contribution is 5.92. The van der Waals surface area contributed by atoms with Gasteiger partial charge in [-0.3, -0.25) is 4.99 Å². The molecule has 4 heteroatoms. The van der Waals surface area contributed by atoms with Crippen LogP contribution in [-0.4, -0.2) is 17.5 Å². The van der Waals surface area contributed by atoms with E-state index in [0.29, 0.717) is 12.5 Å². The number of aryl methyl sites for hydroxylation is 1. The van der Waals surface area contributed by atoms with Crippen molar-refractivity contribution >= 4 is 22.5 Å². The van der Waals surface area contributed by atoms with Gasteiger partial charge in [0.05, 0.1) is 0 Å². The summed E-state index contributed by atoms with van der Waals surface area (Å²) in [6.45, 7) is 2.71. The predicted octanol–water partition coefficient (Wildman–Crippen LogP) is 3.45. The van der Waals surface area contributed by atoms with E-state index in [1.165, 1.54) is 16.6 Å². The molecule has 0 saturated carbocycles. The van der Waals surface area contributed by atoms with Gasteiger partial charge in [0, 0.05) is 29.9 Å². The Morgan fingerprint density at radius 1 is 1.14 bits per heavy atom. The molecule has 1 heterocycles. The van der Waals surface area contributed by atoms with Crippen molar-refractivity contribution in [1.82, 2.24) is 4.98 Å². The molecule has 0 spiro atoms. The second kappa shape index (κ2) is 6.35. The van der Waals surface area contributed by atoms with Gasteiger partial charge < -0.3 is 16.0 Å². The zero-order chi connectivity index (χ0) is 15.4. The number of anilines is 1. The van der Waals surface area contributed by atoms with Crippen LogP contribution in [0.15, 0.2) is 59.6 Å². The van der Waals surface area contributed by atoms with E-state index in [-0.39, 0.29) is 0 Å². The Balaban J connectivity index is 1.57. The number of H-pyrrole nitrogens is 1. The van der Waals surface area contributed by atoms with Crippen molar-refractivity contribution in [2.45, 2.75) is 13.3 Å². The van der Waals surface area contributed by atoms with Crippen molar-refractivity contribution in [3.63, 3.8) is 0 Å². The lowest BCUT2D eigenvalue weighted by Crippen LogP contribution is -2.23. The molecule has 0 atom stereocenters. The lowest BCUT2D eigenvalue weighted by molar-refractivity contribution is 0.937. The summed E-state index contributed by atoms with van der Waals surface area (Å²) in [7, 11) is 0. The van der Waals surface area contributed by atoms with E-state index in [0.717, 1.165) is 17.6 Å². The molecule has 0 amide bonds. The van der Waals surface area contributed by atoms with Crippen molar-refractivity contribution in [2.24, 2.45) is 10.7 Å². The SMILES string of the molecule is Cc1ccc(NC(N)=NCCc2cc3ccccc3[nH]2)cc1. The standard InChI is InChI=1S/C18H20N4/c1-13-6-8-15(9-7-13)22-18(19)20-11-10-16-12-14-4-2-3-5-17(14)21-16/h2-9,12,21H,10-11H2,1H3,(H3,19,20,22). The number of rotatable bonds is 4. The van der Waals surface area contributed by atoms with Gasteiger partial charge in [-0.15, -0.1) is 0 Å². The van der Waals surface area contributed by atoms with Crippen LogP contribution in [-0.2, 0) is 6.42 Å². The summed E-state index contributed by atoms with van der Waals surface area (Å²) in [4.78, 5) is 7.77. The van der Waals surface area contributed by atoms with Crippen LogP contribution in [0.2, 0.25) is 0 Å². The molecule has 0 bridgehead atoms. The highest BCUT2D eigenvalue weighted by Crippen LogP contribution is 2.15. The molecule has 0 aliphatic carbocycles. The zero-order valence-corrected chi connectivity index (χ0v) is 12.6. The number of aromatic nitrogens is 1. The number of para-hydroxylation sites is 1. The first-order valence-corrected chi connectivity index (χ1v) is 7.41. The third-order valence-corrected chi connectivity index (χ3v) is 3.57. The summed E-state index contributed by atoms with van der Waals surface area (Å²) in [5.74, 6) is 0.444. The smallest absolute Gasteiger partial charge is 0.193 e. The minimum atomic E-state index is 0.444. The Hall–Kier alpha value is -2.75. The number of benzene rings is 2. The van der Waals surface area contributed by atoms with Gasteiger partial charge in [0.2, 0.25) is 0 Å². The maximum absolute atomic E-state index is 5.91. The molecule has 3 rings (SSSR count). The Bertz CT molecular complexity index is 751. The lowest BCUT2D eigenvalue weighted by atomic mass is 10.2. The molecular weight excluding hydrogens is 272 g/mol. The summed E-state index contributed by atoms with van der Waals surface area (Å²) in [5, 5.41) is 4.33. The van der Waals surface area contributed by atoms with Gasteiger partial charge in [0.1, 0.15) is 0 Å². The fraction of sp³-hybridized carbons (Fsp3) is 0.167. The Morgan fingerprint density at radius 2 is 1.91 bits per heavy atom. The molecule has 0 saturated heterocycles. The topological polar surface area (TPSA) is 66.2 Å². The molecule has 0 aliphatic rings. The maximum atomic E-state index is 5.91. The second-order valence-corrected chi connectivity index (χ2v) is 5.39. The minimum absolute atomic E-state index is 0.444. The van der Waals surface area contributed by atoms with Crippen molar-refractivity contribution in [2.75, 3.05) is 11.9 Å². The Morgan fingerprint density at radius 3 is 2.68 bits per heavy atom. The number of guanidine groups is 1. The van der Waals surface area contributed by atoms with Crippen LogP contribution in [0, 0.1) is 6.92 Å². The highest BCUT2D eigenvalue weighted by atomic mass is 15.1. The molecule has 1 aromatic heterocycles. The number of hydrogen-bond acceptors (Lipinski definition) is 1. The normalized spacial score (nSPS) is 11.8. The van der Waals surface area contributed by atoms with Gasteiger partial charge in [-0.1, -0.05) is 35.9 Å². The Kier molecular flexibility index (Phi) is 4.10. The van der Waals surface area contributed by atoms with Crippen LogP contribution in [0.25, 0.3) is 10.9 Å².